The molecule has 0 spiro atoms. The molecule has 19 heavy (non-hydrogen) atoms. The predicted octanol–water partition coefficient (Wildman–Crippen LogP) is 1.20. The fourth-order valence-electron chi connectivity index (χ4n) is 3.28. The van der Waals surface area contributed by atoms with E-state index in [1.807, 2.05) is 11.6 Å². The molecule has 2 aliphatic rings. The van der Waals surface area contributed by atoms with Crippen LogP contribution in [0.25, 0.3) is 0 Å². The highest BCUT2D eigenvalue weighted by Gasteiger charge is 2.58. The third-order valence-corrected chi connectivity index (χ3v) is 5.33. The van der Waals surface area contributed by atoms with Crippen molar-refractivity contribution in [3.63, 3.8) is 0 Å². The molecule has 106 valence electrons. The summed E-state index contributed by atoms with van der Waals surface area (Å²) in [5.74, 6) is 0.175. The van der Waals surface area contributed by atoms with Crippen molar-refractivity contribution in [3.8, 4) is 0 Å². The molecule has 4 nitrogen and oxygen atoms in total. The van der Waals surface area contributed by atoms with Crippen LogP contribution in [0.3, 0.4) is 0 Å². The molecule has 0 aromatic rings. The largest absolute Gasteiger partial charge is 0.391 e. The highest BCUT2D eigenvalue weighted by atomic mass is 31.0. The summed E-state index contributed by atoms with van der Waals surface area (Å²) in [6.07, 6.45) is 2.30. The summed E-state index contributed by atoms with van der Waals surface area (Å²) in [6.45, 7) is 7.66. The van der Waals surface area contributed by atoms with E-state index in [9.17, 15) is 14.7 Å². The molecule has 1 aliphatic carbocycles. The summed E-state index contributed by atoms with van der Waals surface area (Å²) in [5, 5.41) is 9.82. The number of β-amino-alcohol motifs (C(OH)–C–C–N with tert-alkyl or cyclic N) is 1. The highest BCUT2D eigenvalue weighted by molar-refractivity contribution is 7.13. The van der Waals surface area contributed by atoms with Gasteiger partial charge < -0.3 is 5.11 Å². The first-order valence-corrected chi connectivity index (χ1v) is 7.21. The Morgan fingerprint density at radius 1 is 1.58 bits per heavy atom. The first-order valence-electron chi connectivity index (χ1n) is 6.69. The minimum Gasteiger partial charge on any atom is -0.391 e. The Labute approximate surface area is 116 Å². The Morgan fingerprint density at radius 2 is 2.21 bits per heavy atom. The van der Waals surface area contributed by atoms with Crippen molar-refractivity contribution in [1.29, 1.82) is 0 Å². The molecule has 1 saturated heterocycles. The maximum absolute atomic E-state index is 12.5. The topological polar surface area (TPSA) is 57.6 Å². The Balaban J connectivity index is 2.09. The van der Waals surface area contributed by atoms with Gasteiger partial charge in [-0.2, -0.15) is 0 Å². The van der Waals surface area contributed by atoms with E-state index in [2.05, 4.69) is 16.0 Å². The van der Waals surface area contributed by atoms with Gasteiger partial charge in [-0.05, 0) is 19.3 Å². The van der Waals surface area contributed by atoms with Gasteiger partial charge in [0, 0.05) is 24.3 Å². The molecular weight excluding hydrogens is 261 g/mol. The monoisotopic (exact) mass is 283 g/mol. The van der Waals surface area contributed by atoms with E-state index in [1.54, 1.807) is 13.0 Å². The van der Waals surface area contributed by atoms with Gasteiger partial charge in [0.2, 0.25) is 0 Å². The second-order valence-corrected chi connectivity index (χ2v) is 6.63. The SMILES string of the molecule is C=C[C@@H]1C[C@]1(CC(=O)[C@@H]1C(C)[C@@H](O)CN1P)C(C)=O. The molecule has 2 unspecified atom stereocenters. The molecule has 1 saturated carbocycles. The molecule has 1 aliphatic heterocycles. The van der Waals surface area contributed by atoms with E-state index in [1.165, 1.54) is 0 Å². The number of aliphatic hydroxyl groups excluding tert-OH is 1. The molecule has 0 radical (unpaired) electrons. The summed E-state index contributed by atoms with van der Waals surface area (Å²) < 4.78 is 1.82. The van der Waals surface area contributed by atoms with E-state index in [0.717, 1.165) is 6.42 Å². The standard InChI is InChI=1S/C14H22NO3P/c1-4-10-5-14(10,9(3)16)6-11(17)13-8(2)12(18)7-15(13)19/h4,8,10,12-13,18H,1,5-7,19H2,2-3H3/t8?,10-,12+,13+,14+/m1/s1. The lowest BCUT2D eigenvalue weighted by Gasteiger charge is -2.23. The van der Waals surface area contributed by atoms with Gasteiger partial charge in [0.15, 0.2) is 5.78 Å². The number of rotatable bonds is 5. The zero-order valence-corrected chi connectivity index (χ0v) is 12.7. The Bertz CT molecular complexity index is 425. The van der Waals surface area contributed by atoms with Crippen LogP contribution in [-0.2, 0) is 9.59 Å². The number of carbonyl (C=O) groups excluding carboxylic acids is 2. The maximum atomic E-state index is 12.5. The Hall–Kier alpha value is -0.570. The summed E-state index contributed by atoms with van der Waals surface area (Å²) in [7, 11) is 2.51. The first-order chi connectivity index (χ1) is 8.83. The average molecular weight is 283 g/mol. The summed E-state index contributed by atoms with van der Waals surface area (Å²) in [4.78, 5) is 24.3. The highest BCUT2D eigenvalue weighted by Crippen LogP contribution is 2.57. The number of carbonyl (C=O) groups is 2. The van der Waals surface area contributed by atoms with Gasteiger partial charge in [-0.3, -0.25) is 14.3 Å². The van der Waals surface area contributed by atoms with Crippen molar-refractivity contribution >= 4 is 21.0 Å². The molecule has 1 heterocycles. The van der Waals surface area contributed by atoms with Crippen LogP contribution in [-0.4, -0.2) is 40.0 Å². The maximum Gasteiger partial charge on any atom is 0.151 e. The van der Waals surface area contributed by atoms with E-state index >= 15 is 0 Å². The third kappa shape index (κ3) is 2.42. The van der Waals surface area contributed by atoms with Gasteiger partial charge in [-0.1, -0.05) is 22.4 Å². The number of nitrogens with zero attached hydrogens (tertiary/aromatic N) is 1. The minimum atomic E-state index is -0.516. The van der Waals surface area contributed by atoms with E-state index in [4.69, 9.17) is 0 Å². The summed E-state index contributed by atoms with van der Waals surface area (Å²) >= 11 is 0. The van der Waals surface area contributed by atoms with Crippen LogP contribution in [0.15, 0.2) is 12.7 Å². The van der Waals surface area contributed by atoms with Crippen molar-refractivity contribution in [2.24, 2.45) is 17.3 Å². The normalized spacial score (nSPS) is 42.1. The van der Waals surface area contributed by atoms with Crippen molar-refractivity contribution in [1.82, 2.24) is 4.67 Å². The lowest BCUT2D eigenvalue weighted by atomic mass is 9.86. The van der Waals surface area contributed by atoms with Crippen molar-refractivity contribution in [2.45, 2.75) is 38.8 Å². The van der Waals surface area contributed by atoms with Crippen molar-refractivity contribution < 1.29 is 14.7 Å². The van der Waals surface area contributed by atoms with Gasteiger partial charge in [0.1, 0.15) is 5.78 Å². The zero-order valence-electron chi connectivity index (χ0n) is 11.5. The molecule has 2 fully saturated rings. The summed E-state index contributed by atoms with van der Waals surface area (Å²) in [5.41, 5.74) is -0.516. The van der Waals surface area contributed by atoms with E-state index < -0.39 is 11.5 Å². The first kappa shape index (κ1) is 14.8. The van der Waals surface area contributed by atoms with Crippen molar-refractivity contribution in [3.05, 3.63) is 12.7 Å². The molecule has 0 bridgehead atoms. The number of allylic oxidation sites excluding steroid dienone is 1. The van der Waals surface area contributed by atoms with Crippen LogP contribution in [0.2, 0.25) is 0 Å². The molecule has 6 atom stereocenters. The zero-order chi connectivity index (χ0) is 14.4. The smallest absolute Gasteiger partial charge is 0.151 e. The van der Waals surface area contributed by atoms with Crippen LogP contribution >= 0.6 is 9.39 Å². The average Bonchev–Trinajstić information content (AvgIpc) is 2.97. The van der Waals surface area contributed by atoms with Gasteiger partial charge in [0.25, 0.3) is 0 Å². The fourth-order valence-corrected chi connectivity index (χ4v) is 3.93. The van der Waals surface area contributed by atoms with Crippen LogP contribution in [0.4, 0.5) is 0 Å². The quantitative estimate of drug-likeness (QED) is 0.608. The van der Waals surface area contributed by atoms with Gasteiger partial charge >= 0.3 is 0 Å². The number of hydrogen-bond donors (Lipinski definition) is 1. The predicted molar refractivity (Wildman–Crippen MR) is 76.4 cm³/mol. The van der Waals surface area contributed by atoms with E-state index in [0.29, 0.717) is 6.54 Å². The number of ketones is 2. The molecule has 0 aromatic carbocycles. The van der Waals surface area contributed by atoms with Crippen molar-refractivity contribution in [2.75, 3.05) is 6.54 Å². The van der Waals surface area contributed by atoms with Gasteiger partial charge in [-0.25, -0.2) is 0 Å². The molecule has 2 rings (SSSR count). The van der Waals surface area contributed by atoms with Crippen LogP contribution < -0.4 is 0 Å². The third-order valence-electron chi connectivity index (χ3n) is 4.80. The Kier molecular flexibility index (Phi) is 3.97. The van der Waals surface area contributed by atoms with Crippen LogP contribution in [0.5, 0.6) is 0 Å². The lowest BCUT2D eigenvalue weighted by molar-refractivity contribution is -0.130. The molecule has 0 amide bonds. The Morgan fingerprint density at radius 3 is 2.58 bits per heavy atom. The van der Waals surface area contributed by atoms with Crippen LogP contribution in [0.1, 0.15) is 26.7 Å². The summed E-state index contributed by atoms with van der Waals surface area (Å²) in [6, 6.07) is -0.303. The minimum absolute atomic E-state index is 0.0543. The molecular formula is C14H22NO3P. The number of hydrogen-bond acceptors (Lipinski definition) is 4. The lowest BCUT2D eigenvalue weighted by Crippen LogP contribution is -2.36. The number of Topliss-reactive ketones (excluding diaryl/α,β-unsaturated/α-hetero) is 2. The molecule has 5 heteroatoms. The van der Waals surface area contributed by atoms with Gasteiger partial charge in [-0.15, -0.1) is 6.58 Å². The molecule has 1 N–H and O–H groups in total. The molecule has 0 aromatic heterocycles. The second kappa shape index (κ2) is 5.08. The second-order valence-electron chi connectivity index (χ2n) is 5.97. The number of aliphatic hydroxyl groups is 1. The van der Waals surface area contributed by atoms with Gasteiger partial charge in [0.05, 0.1) is 12.1 Å². The fraction of sp³-hybridized carbons (Fsp3) is 0.714. The van der Waals surface area contributed by atoms with Crippen LogP contribution in [0, 0.1) is 17.3 Å². The van der Waals surface area contributed by atoms with E-state index in [-0.39, 0.29) is 35.9 Å².